The van der Waals surface area contributed by atoms with Gasteiger partial charge in [-0.2, -0.15) is 0 Å². The second-order valence-electron chi connectivity index (χ2n) is 3.55. The molecule has 0 unspecified atom stereocenters. The molecule has 0 atom stereocenters. The zero-order valence-electron chi connectivity index (χ0n) is 9.65. The lowest BCUT2D eigenvalue weighted by atomic mass is 10.3. The summed E-state index contributed by atoms with van der Waals surface area (Å²) >= 11 is 11.8. The van der Waals surface area contributed by atoms with Crippen molar-refractivity contribution >= 4 is 29.0 Å². The molecule has 0 radical (unpaired) electrons. The maximum absolute atomic E-state index is 6.00. The minimum Gasteiger partial charge on any atom is -0.481 e. The van der Waals surface area contributed by atoms with Gasteiger partial charge in [-0.05, 0) is 11.6 Å². The number of nitrogens with one attached hydrogen (secondary N) is 1. The predicted molar refractivity (Wildman–Crippen MR) is 72.4 cm³/mol. The molecule has 2 heterocycles. The fraction of sp³-hybridized carbons (Fsp3) is 0.167. The molecule has 0 aliphatic heterocycles. The third-order valence-corrected chi connectivity index (χ3v) is 2.77. The molecular weight excluding hydrogens is 273 g/mol. The molecule has 0 aliphatic carbocycles. The average molecular weight is 284 g/mol. The number of methoxy groups -OCH3 is 1. The highest BCUT2D eigenvalue weighted by Crippen LogP contribution is 2.22. The third-order valence-electron chi connectivity index (χ3n) is 2.27. The van der Waals surface area contributed by atoms with E-state index in [0.717, 1.165) is 5.56 Å². The molecule has 0 aliphatic rings. The fourth-order valence-corrected chi connectivity index (χ4v) is 1.81. The summed E-state index contributed by atoms with van der Waals surface area (Å²) in [6, 6.07) is 5.36. The third kappa shape index (κ3) is 3.24. The summed E-state index contributed by atoms with van der Waals surface area (Å²) in [6.45, 7) is 0.575. The first kappa shape index (κ1) is 12.9. The van der Waals surface area contributed by atoms with Gasteiger partial charge in [0.2, 0.25) is 5.88 Å². The second kappa shape index (κ2) is 5.89. The van der Waals surface area contributed by atoms with Crippen molar-refractivity contribution in [2.45, 2.75) is 6.54 Å². The Morgan fingerprint density at radius 2 is 2.06 bits per heavy atom. The lowest BCUT2D eigenvalue weighted by Gasteiger charge is -2.07. The van der Waals surface area contributed by atoms with Crippen LogP contribution in [0.4, 0.5) is 5.82 Å². The fourth-order valence-electron chi connectivity index (χ4n) is 1.37. The molecule has 0 bridgehead atoms. The Kier molecular flexibility index (Phi) is 4.23. The number of hydrogen-bond donors (Lipinski definition) is 1. The summed E-state index contributed by atoms with van der Waals surface area (Å²) in [5.41, 5.74) is 1.00. The minimum absolute atomic E-state index is 0.490. The van der Waals surface area contributed by atoms with E-state index >= 15 is 0 Å². The number of anilines is 1. The molecule has 0 saturated carbocycles. The zero-order chi connectivity index (χ0) is 13.0. The summed E-state index contributed by atoms with van der Waals surface area (Å²) in [5.74, 6) is 1.18. The molecular formula is C12H11Cl2N3O. The Balaban J connectivity index is 2.02. The highest BCUT2D eigenvalue weighted by molar-refractivity contribution is 6.35. The molecule has 0 aromatic carbocycles. The highest BCUT2D eigenvalue weighted by atomic mass is 35.5. The molecule has 18 heavy (non-hydrogen) atoms. The lowest BCUT2D eigenvalue weighted by Crippen LogP contribution is -2.02. The second-order valence-corrected chi connectivity index (χ2v) is 4.39. The lowest BCUT2D eigenvalue weighted by molar-refractivity contribution is 0.397. The predicted octanol–water partition coefficient (Wildman–Crippen LogP) is 3.40. The molecule has 0 fully saturated rings. The average Bonchev–Trinajstić information content (AvgIpc) is 2.38. The molecule has 4 nitrogen and oxygen atoms in total. The van der Waals surface area contributed by atoms with Crippen LogP contribution in [0.3, 0.4) is 0 Å². The molecule has 2 aromatic rings. The summed E-state index contributed by atoms with van der Waals surface area (Å²) in [4.78, 5) is 8.22. The molecule has 6 heteroatoms. The first-order valence-corrected chi connectivity index (χ1v) is 5.98. The number of rotatable bonds is 4. The van der Waals surface area contributed by atoms with Gasteiger partial charge in [0.05, 0.1) is 17.2 Å². The van der Waals surface area contributed by atoms with E-state index in [2.05, 4.69) is 15.3 Å². The van der Waals surface area contributed by atoms with Crippen molar-refractivity contribution in [1.29, 1.82) is 0 Å². The number of nitrogens with zero attached hydrogens (tertiary/aromatic N) is 2. The van der Waals surface area contributed by atoms with Crippen LogP contribution in [0.25, 0.3) is 0 Å². The minimum atomic E-state index is 0.490. The van der Waals surface area contributed by atoms with Crippen LogP contribution in [0.1, 0.15) is 5.56 Å². The van der Waals surface area contributed by atoms with Gasteiger partial charge in [-0.3, -0.25) is 0 Å². The Morgan fingerprint density at radius 3 is 2.67 bits per heavy atom. The van der Waals surface area contributed by atoms with Crippen LogP contribution < -0.4 is 10.1 Å². The highest BCUT2D eigenvalue weighted by Gasteiger charge is 2.03. The molecule has 0 saturated heterocycles. The van der Waals surface area contributed by atoms with E-state index in [-0.39, 0.29) is 0 Å². The van der Waals surface area contributed by atoms with E-state index in [0.29, 0.717) is 28.3 Å². The van der Waals surface area contributed by atoms with E-state index in [1.165, 1.54) is 0 Å². The van der Waals surface area contributed by atoms with Crippen molar-refractivity contribution in [2.75, 3.05) is 12.4 Å². The standard InChI is InChI=1S/C12H11Cl2N3O/c1-18-11-3-2-8(5-15-11)6-16-12-10(14)4-9(13)7-17-12/h2-5,7H,6H2,1H3,(H,16,17). The number of hydrogen-bond acceptors (Lipinski definition) is 4. The van der Waals surface area contributed by atoms with Crippen LogP contribution >= 0.6 is 23.2 Å². The van der Waals surface area contributed by atoms with Crippen molar-refractivity contribution < 1.29 is 4.74 Å². The van der Waals surface area contributed by atoms with Gasteiger partial charge in [-0.1, -0.05) is 29.3 Å². The van der Waals surface area contributed by atoms with Gasteiger partial charge in [0, 0.05) is 25.0 Å². The molecule has 2 aromatic heterocycles. The van der Waals surface area contributed by atoms with Crippen LogP contribution in [0.5, 0.6) is 5.88 Å². The van der Waals surface area contributed by atoms with Crippen molar-refractivity contribution in [2.24, 2.45) is 0 Å². The smallest absolute Gasteiger partial charge is 0.212 e. The molecule has 0 amide bonds. The number of ether oxygens (including phenoxy) is 1. The normalized spacial score (nSPS) is 10.2. The molecule has 94 valence electrons. The monoisotopic (exact) mass is 283 g/mol. The van der Waals surface area contributed by atoms with Crippen molar-refractivity contribution in [3.8, 4) is 5.88 Å². The Labute approximate surface area is 115 Å². The summed E-state index contributed by atoms with van der Waals surface area (Å²) in [5, 5.41) is 4.11. The topological polar surface area (TPSA) is 47.0 Å². The summed E-state index contributed by atoms with van der Waals surface area (Å²) in [6.07, 6.45) is 3.28. The van der Waals surface area contributed by atoms with Gasteiger partial charge in [-0.25, -0.2) is 9.97 Å². The Bertz CT molecular complexity index is 531. The molecule has 1 N–H and O–H groups in total. The van der Waals surface area contributed by atoms with Gasteiger partial charge < -0.3 is 10.1 Å². The zero-order valence-corrected chi connectivity index (χ0v) is 11.2. The van der Waals surface area contributed by atoms with Gasteiger partial charge in [0.25, 0.3) is 0 Å². The Morgan fingerprint density at radius 1 is 1.22 bits per heavy atom. The van der Waals surface area contributed by atoms with Crippen LogP contribution in [-0.2, 0) is 6.54 Å². The maximum atomic E-state index is 6.00. The molecule has 0 spiro atoms. The van der Waals surface area contributed by atoms with E-state index in [4.69, 9.17) is 27.9 Å². The maximum Gasteiger partial charge on any atom is 0.212 e. The van der Waals surface area contributed by atoms with E-state index in [9.17, 15) is 0 Å². The summed E-state index contributed by atoms with van der Waals surface area (Å²) < 4.78 is 4.98. The van der Waals surface area contributed by atoms with Gasteiger partial charge in [0.15, 0.2) is 0 Å². The van der Waals surface area contributed by atoms with E-state index in [1.54, 1.807) is 31.6 Å². The van der Waals surface area contributed by atoms with Gasteiger partial charge in [-0.15, -0.1) is 0 Å². The first-order chi connectivity index (χ1) is 8.69. The largest absolute Gasteiger partial charge is 0.481 e. The van der Waals surface area contributed by atoms with Crippen LogP contribution in [0, 0.1) is 0 Å². The van der Waals surface area contributed by atoms with Gasteiger partial charge >= 0.3 is 0 Å². The van der Waals surface area contributed by atoms with Crippen molar-refractivity contribution in [3.05, 3.63) is 46.2 Å². The van der Waals surface area contributed by atoms with E-state index < -0.39 is 0 Å². The van der Waals surface area contributed by atoms with E-state index in [1.807, 2.05) is 6.07 Å². The van der Waals surface area contributed by atoms with Crippen LogP contribution in [-0.4, -0.2) is 17.1 Å². The first-order valence-electron chi connectivity index (χ1n) is 5.23. The van der Waals surface area contributed by atoms with Crippen LogP contribution in [0.2, 0.25) is 10.0 Å². The Hall–Kier alpha value is -1.52. The SMILES string of the molecule is COc1ccc(CNc2ncc(Cl)cc2Cl)cn1. The number of pyridine rings is 2. The molecule has 2 rings (SSSR count). The number of aromatic nitrogens is 2. The van der Waals surface area contributed by atoms with Crippen molar-refractivity contribution in [3.63, 3.8) is 0 Å². The van der Waals surface area contributed by atoms with Crippen molar-refractivity contribution in [1.82, 2.24) is 9.97 Å². The quantitative estimate of drug-likeness (QED) is 0.934. The number of halogens is 2. The van der Waals surface area contributed by atoms with Gasteiger partial charge in [0.1, 0.15) is 5.82 Å². The summed E-state index contributed by atoms with van der Waals surface area (Å²) in [7, 11) is 1.58. The van der Waals surface area contributed by atoms with Crippen LogP contribution in [0.15, 0.2) is 30.6 Å².